The summed E-state index contributed by atoms with van der Waals surface area (Å²) in [5.74, 6) is 0.774. The Morgan fingerprint density at radius 1 is 1.53 bits per heavy atom. The van der Waals surface area contributed by atoms with E-state index in [9.17, 15) is 0 Å². The lowest BCUT2D eigenvalue weighted by atomic mass is 9.87. The summed E-state index contributed by atoms with van der Waals surface area (Å²) in [5, 5.41) is 4.44. The Kier molecular flexibility index (Phi) is 3.68. The number of methoxy groups -OCH3 is 1. The van der Waals surface area contributed by atoms with Crippen molar-refractivity contribution in [2.75, 3.05) is 12.4 Å². The number of ether oxygens (including phenoxy) is 1. The van der Waals surface area contributed by atoms with Crippen LogP contribution in [-0.4, -0.2) is 22.5 Å². The number of aromatic nitrogens is 2. The molecule has 2 atom stereocenters. The first-order chi connectivity index (χ1) is 8.03. The Morgan fingerprint density at radius 2 is 2.29 bits per heavy atom. The Balaban J connectivity index is 2.02. The molecule has 0 saturated heterocycles. The van der Waals surface area contributed by atoms with Crippen molar-refractivity contribution < 1.29 is 4.74 Å². The van der Waals surface area contributed by atoms with Crippen LogP contribution in [-0.2, 0) is 4.74 Å². The topological polar surface area (TPSA) is 47.0 Å². The fourth-order valence-corrected chi connectivity index (χ4v) is 3.01. The average molecular weight is 255 g/mol. The highest BCUT2D eigenvalue weighted by molar-refractivity contribution is 7.09. The quantitative estimate of drug-likeness (QED) is 0.897. The third kappa shape index (κ3) is 2.77. The molecule has 1 saturated carbocycles. The molecule has 0 radical (unpaired) electrons. The standard InChI is InChI=1S/C12H21N3OS/c1-8(16-4)10-14-11(17-15-10)13-9-6-5-7-12(9,2)3/h8-9H,5-7H2,1-4H3,(H,13,14,15). The van der Waals surface area contributed by atoms with Crippen LogP contribution in [0.1, 0.15) is 52.0 Å². The zero-order valence-corrected chi connectivity index (χ0v) is 11.8. The minimum absolute atomic E-state index is 0.0293. The molecule has 0 spiro atoms. The molecule has 1 N–H and O–H groups in total. The Morgan fingerprint density at radius 3 is 2.88 bits per heavy atom. The van der Waals surface area contributed by atoms with Crippen LogP contribution in [0.3, 0.4) is 0 Å². The van der Waals surface area contributed by atoms with E-state index >= 15 is 0 Å². The van der Waals surface area contributed by atoms with E-state index in [1.54, 1.807) is 7.11 Å². The monoisotopic (exact) mass is 255 g/mol. The summed E-state index contributed by atoms with van der Waals surface area (Å²) < 4.78 is 9.53. The summed E-state index contributed by atoms with van der Waals surface area (Å²) in [7, 11) is 1.68. The van der Waals surface area contributed by atoms with Crippen LogP contribution in [0.4, 0.5) is 5.13 Å². The Bertz CT molecular complexity index is 378. The van der Waals surface area contributed by atoms with E-state index in [1.165, 1.54) is 30.8 Å². The third-order valence-corrected chi connectivity index (χ3v) is 4.37. The first kappa shape index (κ1) is 12.8. The van der Waals surface area contributed by atoms with Gasteiger partial charge in [0, 0.05) is 24.7 Å². The first-order valence-electron chi connectivity index (χ1n) is 6.16. The number of hydrogen-bond acceptors (Lipinski definition) is 5. The second kappa shape index (κ2) is 4.90. The SMILES string of the molecule is COC(C)c1nsc(NC2CCCC2(C)C)n1. The molecule has 96 valence electrons. The van der Waals surface area contributed by atoms with Crippen LogP contribution in [0.25, 0.3) is 0 Å². The molecule has 1 aromatic heterocycles. The van der Waals surface area contributed by atoms with E-state index in [4.69, 9.17) is 4.74 Å². The predicted molar refractivity (Wildman–Crippen MR) is 70.4 cm³/mol. The fourth-order valence-electron chi connectivity index (χ4n) is 2.31. The van der Waals surface area contributed by atoms with Gasteiger partial charge in [0.15, 0.2) is 5.82 Å². The molecule has 0 aliphatic heterocycles. The molecule has 2 unspecified atom stereocenters. The fraction of sp³-hybridized carbons (Fsp3) is 0.833. The molecule has 4 nitrogen and oxygen atoms in total. The normalized spacial score (nSPS) is 24.8. The summed E-state index contributed by atoms with van der Waals surface area (Å²) in [6.45, 7) is 6.60. The van der Waals surface area contributed by atoms with Crippen LogP contribution < -0.4 is 5.32 Å². The lowest BCUT2D eigenvalue weighted by Crippen LogP contribution is -2.30. The van der Waals surface area contributed by atoms with Gasteiger partial charge in [0.25, 0.3) is 0 Å². The van der Waals surface area contributed by atoms with Crippen molar-refractivity contribution in [1.82, 2.24) is 9.36 Å². The lowest BCUT2D eigenvalue weighted by Gasteiger charge is -2.27. The summed E-state index contributed by atoms with van der Waals surface area (Å²) in [5.41, 5.74) is 0.360. The van der Waals surface area contributed by atoms with E-state index in [2.05, 4.69) is 28.5 Å². The molecule has 2 rings (SSSR count). The summed E-state index contributed by atoms with van der Waals surface area (Å²) in [4.78, 5) is 4.48. The van der Waals surface area contributed by atoms with Gasteiger partial charge in [0.05, 0.1) is 0 Å². The van der Waals surface area contributed by atoms with Gasteiger partial charge in [-0.1, -0.05) is 20.3 Å². The Labute approximate surface area is 107 Å². The average Bonchev–Trinajstić information content (AvgIpc) is 2.86. The zero-order chi connectivity index (χ0) is 12.5. The largest absolute Gasteiger partial charge is 0.374 e. The maximum absolute atomic E-state index is 5.21. The maximum atomic E-state index is 5.21. The van der Waals surface area contributed by atoms with E-state index in [1.807, 2.05) is 6.92 Å². The van der Waals surface area contributed by atoms with Crippen LogP contribution in [0.15, 0.2) is 0 Å². The molecule has 17 heavy (non-hydrogen) atoms. The number of nitrogens with one attached hydrogen (secondary N) is 1. The summed E-state index contributed by atoms with van der Waals surface area (Å²) >= 11 is 1.43. The third-order valence-electron chi connectivity index (χ3n) is 3.71. The molecule has 1 aromatic rings. The van der Waals surface area contributed by atoms with Crippen molar-refractivity contribution in [1.29, 1.82) is 0 Å². The second-order valence-corrected chi connectivity index (χ2v) is 6.17. The van der Waals surface area contributed by atoms with Gasteiger partial charge in [0.1, 0.15) is 6.10 Å². The van der Waals surface area contributed by atoms with Gasteiger partial charge < -0.3 is 10.1 Å². The number of rotatable bonds is 4. The van der Waals surface area contributed by atoms with Crippen molar-refractivity contribution in [2.24, 2.45) is 5.41 Å². The highest BCUT2D eigenvalue weighted by Crippen LogP contribution is 2.39. The van der Waals surface area contributed by atoms with Gasteiger partial charge in [-0.05, 0) is 25.2 Å². The van der Waals surface area contributed by atoms with Crippen LogP contribution >= 0.6 is 11.5 Å². The van der Waals surface area contributed by atoms with Gasteiger partial charge in [-0.15, -0.1) is 0 Å². The minimum atomic E-state index is -0.0293. The van der Waals surface area contributed by atoms with E-state index in [0.717, 1.165) is 11.0 Å². The Hall–Kier alpha value is -0.680. The van der Waals surface area contributed by atoms with Gasteiger partial charge in [-0.25, -0.2) is 4.98 Å². The summed E-state index contributed by atoms with van der Waals surface area (Å²) in [6.07, 6.45) is 3.77. The second-order valence-electron chi connectivity index (χ2n) is 5.41. The van der Waals surface area contributed by atoms with Crippen molar-refractivity contribution in [3.05, 3.63) is 5.82 Å². The molecule has 0 aromatic carbocycles. The van der Waals surface area contributed by atoms with Crippen molar-refractivity contribution in [3.63, 3.8) is 0 Å². The van der Waals surface area contributed by atoms with Crippen LogP contribution in [0, 0.1) is 5.41 Å². The molecule has 1 aliphatic rings. The van der Waals surface area contributed by atoms with Gasteiger partial charge >= 0.3 is 0 Å². The maximum Gasteiger partial charge on any atom is 0.202 e. The number of hydrogen-bond donors (Lipinski definition) is 1. The minimum Gasteiger partial charge on any atom is -0.374 e. The molecule has 0 amide bonds. The van der Waals surface area contributed by atoms with Crippen molar-refractivity contribution >= 4 is 16.7 Å². The zero-order valence-electron chi connectivity index (χ0n) is 11.0. The number of nitrogens with zero attached hydrogens (tertiary/aromatic N) is 2. The highest BCUT2D eigenvalue weighted by Gasteiger charge is 2.34. The van der Waals surface area contributed by atoms with Gasteiger partial charge in [-0.2, -0.15) is 4.37 Å². The van der Waals surface area contributed by atoms with Gasteiger partial charge in [-0.3, -0.25) is 0 Å². The van der Waals surface area contributed by atoms with E-state index < -0.39 is 0 Å². The molecule has 0 bridgehead atoms. The number of anilines is 1. The lowest BCUT2D eigenvalue weighted by molar-refractivity contribution is 0.113. The molecule has 1 aliphatic carbocycles. The predicted octanol–water partition coefficient (Wildman–Crippen LogP) is 3.24. The van der Waals surface area contributed by atoms with Crippen LogP contribution in [0.2, 0.25) is 0 Å². The molecular weight excluding hydrogens is 234 g/mol. The smallest absolute Gasteiger partial charge is 0.202 e. The summed E-state index contributed by atoms with van der Waals surface area (Å²) in [6, 6.07) is 0.515. The van der Waals surface area contributed by atoms with Crippen molar-refractivity contribution in [3.8, 4) is 0 Å². The highest BCUT2D eigenvalue weighted by atomic mass is 32.1. The van der Waals surface area contributed by atoms with Crippen LogP contribution in [0.5, 0.6) is 0 Å². The molecule has 1 heterocycles. The molecular formula is C12H21N3OS. The van der Waals surface area contributed by atoms with E-state index in [-0.39, 0.29) is 6.10 Å². The first-order valence-corrected chi connectivity index (χ1v) is 6.93. The van der Waals surface area contributed by atoms with Gasteiger partial charge in [0.2, 0.25) is 5.13 Å². The molecule has 1 fully saturated rings. The van der Waals surface area contributed by atoms with Crippen molar-refractivity contribution in [2.45, 2.75) is 52.2 Å². The van der Waals surface area contributed by atoms with E-state index in [0.29, 0.717) is 11.5 Å². The molecule has 5 heteroatoms.